The van der Waals surface area contributed by atoms with Crippen LogP contribution in [0.4, 0.5) is 13.2 Å². The van der Waals surface area contributed by atoms with Crippen molar-refractivity contribution >= 4 is 11.0 Å². The Kier molecular flexibility index (Phi) is 3.00. The molecule has 1 rings (SSSR count). The average molecular weight is 223 g/mol. The Balaban J connectivity index is 3.00. The standard InChI is InChI=1S/C7H4F3NO2S/c8-7(9,10)5-1-3-6(4-2-5)14(13)11-12/h1-4H. The van der Waals surface area contributed by atoms with Crippen LogP contribution in [0.2, 0.25) is 0 Å². The minimum Gasteiger partial charge on any atom is -0.226 e. The number of hydrogen-bond acceptors (Lipinski definition) is 2. The summed E-state index contributed by atoms with van der Waals surface area (Å²) in [6.07, 6.45) is -4.44. The lowest BCUT2D eigenvalue weighted by Gasteiger charge is -2.05. The quantitative estimate of drug-likeness (QED) is 0.723. The molecule has 0 aromatic heterocycles. The van der Waals surface area contributed by atoms with Gasteiger partial charge in [0.2, 0.25) is 11.0 Å². The van der Waals surface area contributed by atoms with Gasteiger partial charge in [0.25, 0.3) is 0 Å². The molecule has 1 aromatic carbocycles. The van der Waals surface area contributed by atoms with Crippen molar-refractivity contribution < 1.29 is 17.4 Å². The van der Waals surface area contributed by atoms with E-state index in [1.54, 1.807) is 0 Å². The zero-order valence-electron chi connectivity index (χ0n) is 6.62. The molecule has 0 aliphatic heterocycles. The highest BCUT2D eigenvalue weighted by Crippen LogP contribution is 2.29. The highest BCUT2D eigenvalue weighted by atomic mass is 32.2. The van der Waals surface area contributed by atoms with Crippen LogP contribution < -0.4 is 0 Å². The second kappa shape index (κ2) is 3.87. The smallest absolute Gasteiger partial charge is 0.226 e. The van der Waals surface area contributed by atoms with Crippen molar-refractivity contribution in [3.05, 3.63) is 34.7 Å². The third-order valence-corrected chi connectivity index (χ3v) is 2.26. The summed E-state index contributed by atoms with van der Waals surface area (Å²) in [4.78, 5) is 9.77. The summed E-state index contributed by atoms with van der Waals surface area (Å²) >= 11 is 0. The molecule has 76 valence electrons. The van der Waals surface area contributed by atoms with E-state index in [0.717, 1.165) is 24.3 Å². The van der Waals surface area contributed by atoms with Crippen LogP contribution in [0.15, 0.2) is 33.7 Å². The van der Waals surface area contributed by atoms with E-state index in [-0.39, 0.29) is 4.90 Å². The van der Waals surface area contributed by atoms with Gasteiger partial charge >= 0.3 is 6.18 Å². The lowest BCUT2D eigenvalue weighted by molar-refractivity contribution is -0.137. The Labute approximate surface area is 79.5 Å². The predicted octanol–water partition coefficient (Wildman–Crippen LogP) is 2.49. The van der Waals surface area contributed by atoms with E-state index in [1.165, 1.54) is 0 Å². The molecule has 1 atom stereocenters. The molecule has 0 aliphatic rings. The van der Waals surface area contributed by atoms with Crippen molar-refractivity contribution in [1.29, 1.82) is 0 Å². The Morgan fingerprint density at radius 2 is 1.64 bits per heavy atom. The summed E-state index contributed by atoms with van der Waals surface area (Å²) in [5.41, 5.74) is -0.857. The molecule has 1 aromatic rings. The SMILES string of the molecule is O=NS(=O)c1ccc(C(F)(F)F)cc1. The maximum Gasteiger partial charge on any atom is 0.416 e. The summed E-state index contributed by atoms with van der Waals surface area (Å²) in [6, 6.07) is 3.41. The zero-order valence-corrected chi connectivity index (χ0v) is 7.43. The molecule has 0 fully saturated rings. The van der Waals surface area contributed by atoms with Crippen LogP contribution in [0, 0.1) is 4.91 Å². The van der Waals surface area contributed by atoms with Crippen molar-refractivity contribution in [3.8, 4) is 0 Å². The van der Waals surface area contributed by atoms with Crippen LogP contribution >= 0.6 is 0 Å². The predicted molar refractivity (Wildman–Crippen MR) is 43.6 cm³/mol. The van der Waals surface area contributed by atoms with Gasteiger partial charge in [0.05, 0.1) is 10.5 Å². The summed E-state index contributed by atoms with van der Waals surface area (Å²) in [5, 5.41) is 0. The maximum atomic E-state index is 12.0. The van der Waals surface area contributed by atoms with Gasteiger partial charge in [-0.2, -0.15) is 13.2 Å². The number of alkyl halides is 3. The fourth-order valence-electron chi connectivity index (χ4n) is 0.803. The summed E-state index contributed by atoms with van der Waals surface area (Å²) in [5.74, 6) is 0. The lowest BCUT2D eigenvalue weighted by atomic mass is 10.2. The molecular formula is C7H4F3NO2S. The Hall–Kier alpha value is -1.24. The van der Waals surface area contributed by atoms with Gasteiger partial charge in [-0.1, -0.05) is 0 Å². The first-order valence-electron chi connectivity index (χ1n) is 3.37. The van der Waals surface area contributed by atoms with E-state index in [9.17, 15) is 22.3 Å². The maximum absolute atomic E-state index is 12.0. The van der Waals surface area contributed by atoms with Gasteiger partial charge in [-0.15, -0.1) is 4.91 Å². The van der Waals surface area contributed by atoms with Gasteiger partial charge < -0.3 is 0 Å². The molecule has 0 N–H and O–H groups in total. The first-order valence-corrected chi connectivity index (χ1v) is 4.48. The molecule has 0 saturated carbocycles. The number of benzene rings is 1. The van der Waals surface area contributed by atoms with Gasteiger partial charge in [-0.25, -0.2) is 4.21 Å². The van der Waals surface area contributed by atoms with Crippen molar-refractivity contribution in [2.45, 2.75) is 11.1 Å². The minimum atomic E-state index is -4.44. The second-order valence-corrected chi connectivity index (χ2v) is 3.46. The fraction of sp³-hybridized carbons (Fsp3) is 0.143. The van der Waals surface area contributed by atoms with Gasteiger partial charge in [0, 0.05) is 4.58 Å². The van der Waals surface area contributed by atoms with Crippen LogP contribution in [-0.2, 0) is 17.2 Å². The van der Waals surface area contributed by atoms with Crippen LogP contribution in [0.5, 0.6) is 0 Å². The van der Waals surface area contributed by atoms with Crippen LogP contribution in [-0.4, -0.2) is 4.21 Å². The van der Waals surface area contributed by atoms with E-state index in [0.29, 0.717) is 0 Å². The van der Waals surface area contributed by atoms with Crippen molar-refractivity contribution in [2.24, 2.45) is 4.58 Å². The summed E-state index contributed by atoms with van der Waals surface area (Å²) in [6.45, 7) is 0. The molecule has 14 heavy (non-hydrogen) atoms. The first-order chi connectivity index (χ1) is 6.45. The Bertz CT molecular complexity index is 360. The van der Waals surface area contributed by atoms with E-state index >= 15 is 0 Å². The Morgan fingerprint density at radius 1 is 1.14 bits per heavy atom. The Morgan fingerprint density at radius 3 is 2.00 bits per heavy atom. The highest BCUT2D eigenvalue weighted by Gasteiger charge is 2.30. The van der Waals surface area contributed by atoms with Crippen LogP contribution in [0.1, 0.15) is 5.56 Å². The lowest BCUT2D eigenvalue weighted by Crippen LogP contribution is -2.04. The molecule has 0 aliphatic carbocycles. The number of rotatable bonds is 2. The zero-order chi connectivity index (χ0) is 10.8. The summed E-state index contributed by atoms with van der Waals surface area (Å²) in [7, 11) is -2.12. The van der Waals surface area contributed by atoms with Crippen molar-refractivity contribution in [2.75, 3.05) is 0 Å². The molecule has 0 saturated heterocycles. The second-order valence-electron chi connectivity index (χ2n) is 2.35. The number of hydrogen-bond donors (Lipinski definition) is 0. The molecule has 0 heterocycles. The molecule has 0 radical (unpaired) electrons. The van der Waals surface area contributed by atoms with Crippen LogP contribution in [0.3, 0.4) is 0 Å². The van der Waals surface area contributed by atoms with Gasteiger partial charge in [0.15, 0.2) is 0 Å². The fourth-order valence-corrected chi connectivity index (χ4v) is 1.26. The molecule has 7 heteroatoms. The van der Waals surface area contributed by atoms with E-state index in [2.05, 4.69) is 4.58 Å². The minimum absolute atomic E-state index is 0.0481. The van der Waals surface area contributed by atoms with Gasteiger partial charge in [-0.3, -0.25) is 0 Å². The topological polar surface area (TPSA) is 46.5 Å². The largest absolute Gasteiger partial charge is 0.416 e. The monoisotopic (exact) mass is 223 g/mol. The normalized spacial score (nSPS) is 13.6. The third-order valence-electron chi connectivity index (χ3n) is 1.45. The highest BCUT2D eigenvalue weighted by molar-refractivity contribution is 7.83. The molecule has 0 spiro atoms. The van der Waals surface area contributed by atoms with Gasteiger partial charge in [0.1, 0.15) is 0 Å². The van der Waals surface area contributed by atoms with E-state index < -0.39 is 22.7 Å². The first kappa shape index (κ1) is 10.8. The molecule has 0 amide bonds. The molecular weight excluding hydrogens is 219 g/mol. The third kappa shape index (κ3) is 2.38. The number of halogens is 3. The van der Waals surface area contributed by atoms with Crippen LogP contribution in [0.25, 0.3) is 0 Å². The summed E-state index contributed by atoms with van der Waals surface area (Å²) < 4.78 is 49.0. The molecule has 3 nitrogen and oxygen atoms in total. The number of nitroso groups, excluding NO2 is 1. The van der Waals surface area contributed by atoms with Crippen molar-refractivity contribution in [1.82, 2.24) is 0 Å². The van der Waals surface area contributed by atoms with E-state index in [1.807, 2.05) is 0 Å². The van der Waals surface area contributed by atoms with Crippen molar-refractivity contribution in [3.63, 3.8) is 0 Å². The van der Waals surface area contributed by atoms with E-state index in [4.69, 9.17) is 0 Å². The van der Waals surface area contributed by atoms with Gasteiger partial charge in [-0.05, 0) is 24.3 Å². The number of nitrogens with zero attached hydrogens (tertiary/aromatic N) is 1. The average Bonchev–Trinajstić information content (AvgIpc) is 2.15. The molecule has 1 unspecified atom stereocenters. The molecule has 0 bridgehead atoms.